The van der Waals surface area contributed by atoms with Crippen molar-refractivity contribution in [2.75, 3.05) is 11.5 Å². The van der Waals surface area contributed by atoms with Crippen molar-refractivity contribution in [3.8, 4) is 0 Å². The zero-order valence-corrected chi connectivity index (χ0v) is 11.9. The van der Waals surface area contributed by atoms with Crippen molar-refractivity contribution < 1.29 is 0 Å². The van der Waals surface area contributed by atoms with E-state index in [1.54, 1.807) is 0 Å². The molecule has 0 bridgehead atoms. The number of nitrogens with zero attached hydrogens (tertiary/aromatic N) is 3. The van der Waals surface area contributed by atoms with Gasteiger partial charge in [-0.1, -0.05) is 6.07 Å². The van der Waals surface area contributed by atoms with Crippen molar-refractivity contribution in [2.45, 2.75) is 19.3 Å². The minimum Gasteiger partial charge on any atom is -0.212 e. The quantitative estimate of drug-likeness (QED) is 0.798. The minimum absolute atomic E-state index is 0.755. The largest absolute Gasteiger partial charge is 0.212 e. The van der Waals surface area contributed by atoms with E-state index in [4.69, 9.17) is 0 Å². The van der Waals surface area contributed by atoms with Gasteiger partial charge in [0, 0.05) is 6.42 Å². The molecule has 3 heterocycles. The number of halogens is 1. The number of aromatic nitrogens is 3. The van der Waals surface area contributed by atoms with Gasteiger partial charge < -0.3 is 0 Å². The fourth-order valence-electron chi connectivity index (χ4n) is 2.23. The van der Waals surface area contributed by atoms with Crippen LogP contribution in [0.4, 0.5) is 0 Å². The van der Waals surface area contributed by atoms with Gasteiger partial charge in [-0.15, -0.1) is 0 Å². The van der Waals surface area contributed by atoms with Gasteiger partial charge in [-0.05, 0) is 58.3 Å². The van der Waals surface area contributed by atoms with Crippen molar-refractivity contribution >= 4 is 33.3 Å². The molecule has 0 aromatic carbocycles. The van der Waals surface area contributed by atoms with Gasteiger partial charge in [0.05, 0.1) is 0 Å². The summed E-state index contributed by atoms with van der Waals surface area (Å²) in [7, 11) is 0. The zero-order valence-electron chi connectivity index (χ0n) is 9.47. The Kier molecular flexibility index (Phi) is 3.38. The lowest BCUT2D eigenvalue weighted by molar-refractivity contribution is 0.508. The van der Waals surface area contributed by atoms with Crippen LogP contribution in [0, 0.1) is 5.92 Å². The molecule has 0 N–H and O–H groups in total. The summed E-state index contributed by atoms with van der Waals surface area (Å²) in [5.74, 6) is 4.31. The highest BCUT2D eigenvalue weighted by Crippen LogP contribution is 2.25. The third-order valence-electron chi connectivity index (χ3n) is 3.08. The highest BCUT2D eigenvalue weighted by atomic mass is 79.9. The van der Waals surface area contributed by atoms with Crippen LogP contribution in [0.1, 0.15) is 18.7 Å². The Hall–Kier alpha value is -0.550. The zero-order chi connectivity index (χ0) is 11.7. The molecule has 2 aromatic heterocycles. The molecule has 17 heavy (non-hydrogen) atoms. The van der Waals surface area contributed by atoms with Crippen molar-refractivity contribution in [2.24, 2.45) is 5.92 Å². The molecule has 90 valence electrons. The van der Waals surface area contributed by atoms with Crippen LogP contribution in [0.3, 0.4) is 0 Å². The normalized spacial score (nSPS) is 20.9. The number of thioether (sulfide) groups is 1. The highest BCUT2D eigenvalue weighted by molar-refractivity contribution is 9.10. The van der Waals surface area contributed by atoms with Crippen LogP contribution in [0.25, 0.3) is 5.65 Å². The average molecular weight is 312 g/mol. The van der Waals surface area contributed by atoms with Crippen molar-refractivity contribution in [1.82, 2.24) is 14.6 Å². The molecular weight excluding hydrogens is 298 g/mol. The molecule has 1 unspecified atom stereocenters. The van der Waals surface area contributed by atoms with Crippen LogP contribution in [-0.2, 0) is 6.42 Å². The fraction of sp³-hybridized carbons (Fsp3) is 0.500. The van der Waals surface area contributed by atoms with E-state index in [1.807, 2.05) is 22.7 Å². The van der Waals surface area contributed by atoms with E-state index in [0.717, 1.165) is 28.4 Å². The molecule has 1 aliphatic rings. The number of rotatable bonds is 2. The van der Waals surface area contributed by atoms with Crippen LogP contribution < -0.4 is 0 Å². The molecule has 0 aliphatic carbocycles. The molecule has 0 amide bonds. The predicted molar refractivity (Wildman–Crippen MR) is 74.4 cm³/mol. The van der Waals surface area contributed by atoms with Gasteiger partial charge in [0.1, 0.15) is 4.60 Å². The summed E-state index contributed by atoms with van der Waals surface area (Å²) in [6, 6.07) is 5.98. The Morgan fingerprint density at radius 3 is 3.18 bits per heavy atom. The van der Waals surface area contributed by atoms with E-state index in [2.05, 4.69) is 37.8 Å². The van der Waals surface area contributed by atoms with Gasteiger partial charge in [0.2, 0.25) is 0 Å². The Bertz CT molecular complexity index is 519. The summed E-state index contributed by atoms with van der Waals surface area (Å²) in [5.41, 5.74) is 0.929. The Balaban J connectivity index is 1.83. The highest BCUT2D eigenvalue weighted by Gasteiger charge is 2.17. The molecule has 2 aromatic rings. The molecule has 0 radical (unpaired) electrons. The van der Waals surface area contributed by atoms with E-state index >= 15 is 0 Å². The average Bonchev–Trinajstić information content (AvgIpc) is 2.74. The summed E-state index contributed by atoms with van der Waals surface area (Å²) >= 11 is 5.55. The van der Waals surface area contributed by atoms with Crippen molar-refractivity contribution in [1.29, 1.82) is 0 Å². The smallest absolute Gasteiger partial charge is 0.156 e. The molecule has 0 saturated carbocycles. The molecule has 1 atom stereocenters. The predicted octanol–water partition coefficient (Wildman–Crippen LogP) is 3.18. The van der Waals surface area contributed by atoms with Gasteiger partial charge >= 0.3 is 0 Å². The van der Waals surface area contributed by atoms with E-state index in [1.165, 1.54) is 24.3 Å². The lowest BCUT2D eigenvalue weighted by Gasteiger charge is -2.19. The second kappa shape index (κ2) is 4.98. The monoisotopic (exact) mass is 311 g/mol. The molecule has 1 fully saturated rings. The first-order chi connectivity index (χ1) is 8.33. The van der Waals surface area contributed by atoms with Gasteiger partial charge in [0.25, 0.3) is 0 Å². The minimum atomic E-state index is 0.755. The summed E-state index contributed by atoms with van der Waals surface area (Å²) in [6.45, 7) is 0. The summed E-state index contributed by atoms with van der Waals surface area (Å²) < 4.78 is 2.83. The molecule has 0 spiro atoms. The topological polar surface area (TPSA) is 30.2 Å². The molecule has 1 saturated heterocycles. The van der Waals surface area contributed by atoms with Gasteiger partial charge in [-0.25, -0.2) is 9.50 Å². The first-order valence-corrected chi connectivity index (χ1v) is 7.85. The summed E-state index contributed by atoms with van der Waals surface area (Å²) in [5, 5.41) is 4.56. The van der Waals surface area contributed by atoms with Crippen molar-refractivity contribution in [3.63, 3.8) is 0 Å². The fourth-order valence-corrected chi connectivity index (χ4v) is 3.80. The van der Waals surface area contributed by atoms with Crippen LogP contribution >= 0.6 is 27.7 Å². The maximum atomic E-state index is 4.58. The Morgan fingerprint density at radius 1 is 1.47 bits per heavy atom. The van der Waals surface area contributed by atoms with E-state index < -0.39 is 0 Å². The van der Waals surface area contributed by atoms with Gasteiger partial charge in [-0.3, -0.25) is 0 Å². The van der Waals surface area contributed by atoms with E-state index in [-0.39, 0.29) is 0 Å². The molecule has 3 rings (SSSR count). The van der Waals surface area contributed by atoms with Crippen LogP contribution in [0.2, 0.25) is 0 Å². The Morgan fingerprint density at radius 2 is 2.41 bits per heavy atom. The third-order valence-corrected chi connectivity index (χ3v) is 4.97. The van der Waals surface area contributed by atoms with E-state index in [0.29, 0.717) is 0 Å². The first kappa shape index (κ1) is 11.5. The first-order valence-electron chi connectivity index (χ1n) is 5.91. The van der Waals surface area contributed by atoms with E-state index in [9.17, 15) is 0 Å². The third kappa shape index (κ3) is 2.50. The number of hydrogen-bond donors (Lipinski definition) is 0. The second-order valence-corrected chi connectivity index (χ2v) is 6.40. The molecule has 1 aliphatic heterocycles. The lowest BCUT2D eigenvalue weighted by atomic mass is 10.0. The maximum Gasteiger partial charge on any atom is 0.156 e. The number of pyridine rings is 1. The molecule has 3 nitrogen and oxygen atoms in total. The Labute approximate surface area is 113 Å². The van der Waals surface area contributed by atoms with Gasteiger partial charge in [0.15, 0.2) is 11.5 Å². The SMILES string of the molecule is Brc1cccc2nc(CC3CCCSC3)nn12. The van der Waals surface area contributed by atoms with Crippen LogP contribution in [0.5, 0.6) is 0 Å². The molecular formula is C12H14BrN3S. The van der Waals surface area contributed by atoms with Gasteiger partial charge in [-0.2, -0.15) is 16.9 Å². The summed E-state index contributed by atoms with van der Waals surface area (Å²) in [4.78, 5) is 4.58. The number of hydrogen-bond acceptors (Lipinski definition) is 3. The van der Waals surface area contributed by atoms with Crippen LogP contribution in [0.15, 0.2) is 22.8 Å². The van der Waals surface area contributed by atoms with Crippen molar-refractivity contribution in [3.05, 3.63) is 28.6 Å². The number of fused-ring (bicyclic) bond motifs is 1. The molecule has 5 heteroatoms. The standard InChI is InChI=1S/C12H14BrN3S/c13-10-4-1-5-12-14-11(15-16(10)12)7-9-3-2-6-17-8-9/h1,4-5,9H,2-3,6-8H2. The maximum absolute atomic E-state index is 4.58. The second-order valence-electron chi connectivity index (χ2n) is 4.43. The summed E-state index contributed by atoms with van der Waals surface area (Å²) in [6.07, 6.45) is 3.68. The van der Waals surface area contributed by atoms with Crippen LogP contribution in [-0.4, -0.2) is 26.1 Å². The lowest BCUT2D eigenvalue weighted by Crippen LogP contribution is -2.14.